The molecular formula is C16H13N3O2S. The lowest BCUT2D eigenvalue weighted by molar-refractivity contribution is -0.116. The van der Waals surface area contributed by atoms with Crippen molar-refractivity contribution < 1.29 is 9.32 Å². The number of aromatic nitrogens is 2. The largest absolute Gasteiger partial charge is 0.343 e. The molecule has 0 spiro atoms. The fourth-order valence-electron chi connectivity index (χ4n) is 1.79. The lowest BCUT2D eigenvalue weighted by Gasteiger charge is -1.96. The van der Waals surface area contributed by atoms with Crippen LogP contribution in [0.1, 0.15) is 11.5 Å². The van der Waals surface area contributed by atoms with Gasteiger partial charge in [-0.05, 0) is 23.1 Å². The van der Waals surface area contributed by atoms with Gasteiger partial charge in [0, 0.05) is 6.08 Å². The van der Waals surface area contributed by atoms with E-state index in [0.29, 0.717) is 11.7 Å². The number of benzene rings is 1. The average molecular weight is 311 g/mol. The topological polar surface area (TPSA) is 68.0 Å². The van der Waals surface area contributed by atoms with Crippen LogP contribution in [0.5, 0.6) is 0 Å². The number of hydrogen-bond donors (Lipinski definition) is 1. The maximum atomic E-state index is 11.7. The first-order chi connectivity index (χ1) is 10.8. The molecule has 0 bridgehead atoms. The number of thiophene rings is 1. The highest BCUT2D eigenvalue weighted by atomic mass is 32.1. The predicted octanol–water partition coefficient (Wildman–Crippen LogP) is 3.13. The minimum Gasteiger partial charge on any atom is -0.343 e. The van der Waals surface area contributed by atoms with E-state index in [1.807, 2.05) is 47.8 Å². The highest BCUT2D eigenvalue weighted by molar-refractivity contribution is 7.13. The van der Waals surface area contributed by atoms with E-state index in [1.165, 1.54) is 17.4 Å². The minimum absolute atomic E-state index is 0.205. The molecule has 0 atom stereocenters. The molecule has 3 aromatic rings. The van der Waals surface area contributed by atoms with Crippen LogP contribution in [0.3, 0.4) is 0 Å². The van der Waals surface area contributed by atoms with Gasteiger partial charge in [0.25, 0.3) is 0 Å². The number of rotatable bonds is 5. The van der Waals surface area contributed by atoms with Crippen LogP contribution in [-0.4, -0.2) is 16.0 Å². The van der Waals surface area contributed by atoms with Crippen LogP contribution >= 0.6 is 11.3 Å². The van der Waals surface area contributed by atoms with Crippen LogP contribution in [0.15, 0.2) is 58.4 Å². The van der Waals surface area contributed by atoms with Crippen LogP contribution in [0.2, 0.25) is 0 Å². The second-order valence-electron chi connectivity index (χ2n) is 4.45. The second-order valence-corrected chi connectivity index (χ2v) is 5.40. The van der Waals surface area contributed by atoms with E-state index in [1.54, 1.807) is 6.08 Å². The Labute approximate surface area is 131 Å². The summed E-state index contributed by atoms with van der Waals surface area (Å²) < 4.78 is 5.11. The first kappa shape index (κ1) is 14.2. The molecule has 0 radical (unpaired) electrons. The van der Waals surface area contributed by atoms with Gasteiger partial charge in [-0.2, -0.15) is 4.98 Å². The Morgan fingerprint density at radius 2 is 2.09 bits per heavy atom. The molecule has 0 saturated heterocycles. The monoisotopic (exact) mass is 311 g/mol. The Kier molecular flexibility index (Phi) is 4.41. The molecule has 0 aliphatic carbocycles. The van der Waals surface area contributed by atoms with E-state index in [0.717, 1.165) is 10.4 Å². The Bertz CT molecular complexity index is 764. The van der Waals surface area contributed by atoms with E-state index in [9.17, 15) is 4.79 Å². The molecule has 0 aliphatic heterocycles. The van der Waals surface area contributed by atoms with Crippen molar-refractivity contribution in [3.8, 4) is 10.7 Å². The van der Waals surface area contributed by atoms with Crippen LogP contribution in [-0.2, 0) is 11.3 Å². The molecule has 1 amide bonds. The summed E-state index contributed by atoms with van der Waals surface area (Å²) in [4.78, 5) is 16.9. The summed E-state index contributed by atoms with van der Waals surface area (Å²) in [6.45, 7) is 0.205. The SMILES string of the molecule is O=C(/C=C/c1ccccc1)NCc1nc(-c2cccs2)no1. The molecule has 1 N–H and O–H groups in total. The first-order valence-electron chi connectivity index (χ1n) is 6.69. The lowest BCUT2D eigenvalue weighted by atomic mass is 10.2. The molecule has 2 aromatic heterocycles. The average Bonchev–Trinajstić information content (AvgIpc) is 3.22. The fourth-order valence-corrected chi connectivity index (χ4v) is 2.44. The van der Waals surface area contributed by atoms with Crippen molar-refractivity contribution in [2.45, 2.75) is 6.54 Å². The van der Waals surface area contributed by atoms with Crippen LogP contribution in [0.4, 0.5) is 0 Å². The third-order valence-corrected chi connectivity index (χ3v) is 3.72. The van der Waals surface area contributed by atoms with Crippen LogP contribution in [0.25, 0.3) is 16.8 Å². The molecule has 5 nitrogen and oxygen atoms in total. The Morgan fingerprint density at radius 1 is 1.23 bits per heavy atom. The van der Waals surface area contributed by atoms with Gasteiger partial charge in [-0.25, -0.2) is 0 Å². The van der Waals surface area contributed by atoms with Crippen LogP contribution in [0, 0.1) is 0 Å². The number of hydrogen-bond acceptors (Lipinski definition) is 5. The second kappa shape index (κ2) is 6.82. The predicted molar refractivity (Wildman–Crippen MR) is 84.9 cm³/mol. The third kappa shape index (κ3) is 3.67. The van der Waals surface area contributed by atoms with Crippen molar-refractivity contribution in [2.24, 2.45) is 0 Å². The van der Waals surface area contributed by atoms with Gasteiger partial charge >= 0.3 is 0 Å². The van der Waals surface area contributed by atoms with Crippen molar-refractivity contribution in [3.63, 3.8) is 0 Å². The van der Waals surface area contributed by atoms with Gasteiger partial charge in [-0.3, -0.25) is 4.79 Å². The summed E-state index contributed by atoms with van der Waals surface area (Å²) in [6, 6.07) is 13.5. The van der Waals surface area contributed by atoms with Gasteiger partial charge in [0.15, 0.2) is 0 Å². The summed E-state index contributed by atoms with van der Waals surface area (Å²) in [7, 11) is 0. The van der Waals surface area contributed by atoms with E-state index in [2.05, 4.69) is 15.5 Å². The van der Waals surface area contributed by atoms with E-state index in [-0.39, 0.29) is 12.5 Å². The Balaban J connectivity index is 1.54. The highest BCUT2D eigenvalue weighted by Gasteiger charge is 2.09. The summed E-state index contributed by atoms with van der Waals surface area (Å²) in [6.07, 6.45) is 3.23. The lowest BCUT2D eigenvalue weighted by Crippen LogP contribution is -2.20. The van der Waals surface area contributed by atoms with Crippen molar-refractivity contribution in [1.29, 1.82) is 0 Å². The number of carbonyl (C=O) groups is 1. The Morgan fingerprint density at radius 3 is 2.86 bits per heavy atom. The minimum atomic E-state index is -0.209. The summed E-state index contributed by atoms with van der Waals surface area (Å²) in [5, 5.41) is 8.54. The van der Waals surface area contributed by atoms with Gasteiger partial charge in [-0.1, -0.05) is 41.6 Å². The fraction of sp³-hybridized carbons (Fsp3) is 0.0625. The van der Waals surface area contributed by atoms with Gasteiger partial charge in [0.1, 0.15) is 0 Å². The van der Waals surface area contributed by atoms with E-state index in [4.69, 9.17) is 4.52 Å². The van der Waals surface area contributed by atoms with Crippen molar-refractivity contribution in [2.75, 3.05) is 0 Å². The van der Waals surface area contributed by atoms with Crippen LogP contribution < -0.4 is 5.32 Å². The number of nitrogens with zero attached hydrogens (tertiary/aromatic N) is 2. The van der Waals surface area contributed by atoms with Gasteiger partial charge in [0.05, 0.1) is 11.4 Å². The van der Waals surface area contributed by atoms with Crippen molar-refractivity contribution in [3.05, 3.63) is 65.4 Å². The zero-order chi connectivity index (χ0) is 15.2. The summed E-state index contributed by atoms with van der Waals surface area (Å²) >= 11 is 1.54. The standard InChI is InChI=1S/C16H13N3O2S/c20-14(9-8-12-5-2-1-3-6-12)17-11-15-18-16(19-21-15)13-7-4-10-22-13/h1-10H,11H2,(H,17,20)/b9-8+. The van der Waals surface area contributed by atoms with Crippen molar-refractivity contribution in [1.82, 2.24) is 15.5 Å². The third-order valence-electron chi connectivity index (χ3n) is 2.85. The smallest absolute Gasteiger partial charge is 0.246 e. The maximum Gasteiger partial charge on any atom is 0.246 e. The summed E-state index contributed by atoms with van der Waals surface area (Å²) in [5.41, 5.74) is 0.968. The molecule has 2 heterocycles. The molecule has 110 valence electrons. The quantitative estimate of drug-likeness (QED) is 0.735. The first-order valence-corrected chi connectivity index (χ1v) is 7.56. The molecular weight excluding hydrogens is 298 g/mol. The number of carbonyl (C=O) groups excluding carboxylic acids is 1. The molecule has 1 aromatic carbocycles. The molecule has 0 aliphatic rings. The molecule has 6 heteroatoms. The van der Waals surface area contributed by atoms with Gasteiger partial charge in [0.2, 0.25) is 17.6 Å². The van der Waals surface area contributed by atoms with E-state index >= 15 is 0 Å². The zero-order valence-electron chi connectivity index (χ0n) is 11.6. The molecule has 0 saturated carbocycles. The van der Waals surface area contributed by atoms with Gasteiger partial charge < -0.3 is 9.84 Å². The van der Waals surface area contributed by atoms with Crippen molar-refractivity contribution >= 4 is 23.3 Å². The van der Waals surface area contributed by atoms with E-state index < -0.39 is 0 Å². The molecule has 22 heavy (non-hydrogen) atoms. The number of amides is 1. The Hall–Kier alpha value is -2.73. The molecule has 0 unspecified atom stereocenters. The molecule has 3 rings (SSSR count). The highest BCUT2D eigenvalue weighted by Crippen LogP contribution is 2.21. The molecule has 0 fully saturated rings. The summed E-state index contributed by atoms with van der Waals surface area (Å²) in [5.74, 6) is 0.712. The zero-order valence-corrected chi connectivity index (χ0v) is 12.4. The normalized spacial score (nSPS) is 10.9. The maximum absolute atomic E-state index is 11.7. The van der Waals surface area contributed by atoms with Gasteiger partial charge in [-0.15, -0.1) is 11.3 Å². The number of nitrogens with one attached hydrogen (secondary N) is 1.